The van der Waals surface area contributed by atoms with Crippen molar-refractivity contribution in [3.05, 3.63) is 48.0 Å². The van der Waals surface area contributed by atoms with Gasteiger partial charge in [0.05, 0.1) is 31.5 Å². The minimum Gasteiger partial charge on any atom is -0.493 e. The summed E-state index contributed by atoms with van der Waals surface area (Å²) in [6.45, 7) is 0.421. The molecule has 0 radical (unpaired) electrons. The van der Waals surface area contributed by atoms with Crippen molar-refractivity contribution >= 4 is 27.5 Å². The van der Waals surface area contributed by atoms with Gasteiger partial charge >= 0.3 is 0 Å². The topological polar surface area (TPSA) is 128 Å². The van der Waals surface area contributed by atoms with Gasteiger partial charge in [-0.15, -0.1) is 0 Å². The third-order valence-corrected chi connectivity index (χ3v) is 7.21. The Hall–Kier alpha value is -3.11. The van der Waals surface area contributed by atoms with E-state index in [1.54, 1.807) is 30.3 Å². The second-order valence-electron chi connectivity index (χ2n) is 7.55. The van der Waals surface area contributed by atoms with Crippen LogP contribution in [0.4, 0.5) is 5.69 Å². The number of primary amides is 1. The van der Waals surface area contributed by atoms with E-state index in [9.17, 15) is 18.0 Å². The molecule has 2 amide bonds. The highest BCUT2D eigenvalue weighted by molar-refractivity contribution is 7.89. The quantitative estimate of drug-likeness (QED) is 0.617. The van der Waals surface area contributed by atoms with Crippen molar-refractivity contribution < 1.29 is 27.5 Å². The van der Waals surface area contributed by atoms with Crippen LogP contribution >= 0.6 is 0 Å². The molecule has 3 N–H and O–H groups in total. The first-order valence-electron chi connectivity index (χ1n) is 10.1. The fourth-order valence-corrected chi connectivity index (χ4v) is 5.19. The summed E-state index contributed by atoms with van der Waals surface area (Å²) in [7, 11) is -0.884. The molecule has 1 aliphatic heterocycles. The van der Waals surface area contributed by atoms with Crippen molar-refractivity contribution in [2.24, 2.45) is 11.7 Å². The number of anilines is 1. The maximum atomic E-state index is 13.2. The van der Waals surface area contributed by atoms with E-state index in [1.165, 1.54) is 30.7 Å². The van der Waals surface area contributed by atoms with E-state index in [1.807, 2.05) is 0 Å². The molecule has 0 unspecified atom stereocenters. The first kappa shape index (κ1) is 23.6. The third kappa shape index (κ3) is 5.38. The smallest absolute Gasteiger partial charge is 0.243 e. The van der Waals surface area contributed by atoms with E-state index in [-0.39, 0.29) is 23.8 Å². The Morgan fingerprint density at radius 3 is 2.41 bits per heavy atom. The molecule has 1 aliphatic rings. The van der Waals surface area contributed by atoms with E-state index in [2.05, 4.69) is 5.32 Å². The minimum atomic E-state index is -3.80. The van der Waals surface area contributed by atoms with Crippen LogP contribution in [0, 0.1) is 5.92 Å². The highest BCUT2D eigenvalue weighted by Gasteiger charge is 2.33. The van der Waals surface area contributed by atoms with E-state index in [0.29, 0.717) is 36.6 Å². The molecule has 32 heavy (non-hydrogen) atoms. The number of piperidine rings is 1. The minimum absolute atomic E-state index is 0.0845. The number of sulfonamides is 1. The van der Waals surface area contributed by atoms with Gasteiger partial charge in [0.2, 0.25) is 21.8 Å². The van der Waals surface area contributed by atoms with Gasteiger partial charge < -0.3 is 20.5 Å². The molecule has 1 atom stereocenters. The Labute approximate surface area is 187 Å². The van der Waals surface area contributed by atoms with E-state index >= 15 is 0 Å². The zero-order valence-corrected chi connectivity index (χ0v) is 18.9. The second kappa shape index (κ2) is 10.0. The van der Waals surface area contributed by atoms with Crippen LogP contribution < -0.4 is 20.5 Å². The Morgan fingerprint density at radius 1 is 1.09 bits per heavy atom. The molecule has 3 rings (SSSR count). The molecular formula is C22H27N3O6S. The van der Waals surface area contributed by atoms with Gasteiger partial charge in [0.15, 0.2) is 11.5 Å². The van der Waals surface area contributed by atoms with Gasteiger partial charge in [0, 0.05) is 24.8 Å². The number of nitrogens with one attached hydrogen (secondary N) is 1. The van der Waals surface area contributed by atoms with Crippen molar-refractivity contribution in [3.8, 4) is 11.5 Å². The molecular weight excluding hydrogens is 434 g/mol. The van der Waals surface area contributed by atoms with Gasteiger partial charge in [-0.1, -0.05) is 12.1 Å². The van der Waals surface area contributed by atoms with Crippen molar-refractivity contribution in [2.75, 3.05) is 32.6 Å². The summed E-state index contributed by atoms with van der Waals surface area (Å²) in [5.41, 5.74) is 6.51. The number of nitrogens with zero attached hydrogens (tertiary/aromatic N) is 1. The number of carbonyl (C=O) groups excluding carboxylic acids is 2. The number of hydrogen-bond acceptors (Lipinski definition) is 6. The molecule has 9 nitrogen and oxygen atoms in total. The SMILES string of the molecule is COc1ccc(S(=O)(=O)N2CCC[C@H](C(=O)Nc3ccc(CC(N)=O)cc3)C2)cc1OC. The normalized spacial score (nSPS) is 16.9. The highest BCUT2D eigenvalue weighted by atomic mass is 32.2. The zero-order valence-electron chi connectivity index (χ0n) is 18.0. The maximum Gasteiger partial charge on any atom is 0.243 e. The second-order valence-corrected chi connectivity index (χ2v) is 9.49. The van der Waals surface area contributed by atoms with Gasteiger partial charge in [0.1, 0.15) is 0 Å². The lowest BCUT2D eigenvalue weighted by Gasteiger charge is -2.31. The van der Waals surface area contributed by atoms with E-state index < -0.39 is 21.8 Å². The Balaban J connectivity index is 1.70. The van der Waals surface area contributed by atoms with E-state index in [4.69, 9.17) is 15.2 Å². The highest BCUT2D eigenvalue weighted by Crippen LogP contribution is 2.32. The van der Waals surface area contributed by atoms with Crippen molar-refractivity contribution in [1.29, 1.82) is 0 Å². The molecule has 0 saturated carbocycles. The number of amides is 2. The lowest BCUT2D eigenvalue weighted by atomic mass is 9.98. The monoisotopic (exact) mass is 461 g/mol. The summed E-state index contributed by atoms with van der Waals surface area (Å²) >= 11 is 0. The van der Waals surface area contributed by atoms with Gasteiger partial charge in [-0.2, -0.15) is 4.31 Å². The fraction of sp³-hybridized carbons (Fsp3) is 0.364. The molecule has 0 aromatic heterocycles. The fourth-order valence-electron chi connectivity index (χ4n) is 3.65. The molecule has 1 saturated heterocycles. The number of carbonyl (C=O) groups is 2. The predicted octanol–water partition coefficient (Wildman–Crippen LogP) is 1.77. The largest absolute Gasteiger partial charge is 0.493 e. The van der Waals surface area contributed by atoms with Crippen LogP contribution in [0.1, 0.15) is 18.4 Å². The van der Waals surface area contributed by atoms with Gasteiger partial charge in [0.25, 0.3) is 0 Å². The molecule has 2 aromatic rings. The van der Waals surface area contributed by atoms with Crippen LogP contribution in [0.5, 0.6) is 11.5 Å². The molecule has 2 aromatic carbocycles. The first-order valence-corrected chi connectivity index (χ1v) is 11.6. The predicted molar refractivity (Wildman–Crippen MR) is 119 cm³/mol. The Kier molecular flexibility index (Phi) is 7.37. The Morgan fingerprint density at radius 2 is 1.78 bits per heavy atom. The number of ether oxygens (including phenoxy) is 2. The molecule has 172 valence electrons. The van der Waals surface area contributed by atoms with Crippen LogP contribution in [0.25, 0.3) is 0 Å². The van der Waals surface area contributed by atoms with Crippen molar-refractivity contribution in [1.82, 2.24) is 4.31 Å². The summed E-state index contributed by atoms with van der Waals surface area (Å²) in [5.74, 6) is -0.410. The average molecular weight is 462 g/mol. The number of methoxy groups -OCH3 is 2. The van der Waals surface area contributed by atoms with Crippen LogP contribution in [-0.4, -0.2) is 51.8 Å². The first-order chi connectivity index (χ1) is 15.2. The summed E-state index contributed by atoms with van der Waals surface area (Å²) in [6.07, 6.45) is 1.28. The maximum absolute atomic E-state index is 13.2. The molecule has 10 heteroatoms. The average Bonchev–Trinajstić information content (AvgIpc) is 2.79. The number of nitrogens with two attached hydrogens (primary N) is 1. The molecule has 0 spiro atoms. The molecule has 1 fully saturated rings. The number of rotatable bonds is 8. The van der Waals surface area contributed by atoms with Crippen LogP contribution in [0.3, 0.4) is 0 Å². The van der Waals surface area contributed by atoms with Gasteiger partial charge in [-0.05, 0) is 42.7 Å². The lowest BCUT2D eigenvalue weighted by molar-refractivity contribution is -0.121. The summed E-state index contributed by atoms with van der Waals surface area (Å²) in [6, 6.07) is 11.2. The van der Waals surface area contributed by atoms with Crippen molar-refractivity contribution in [2.45, 2.75) is 24.2 Å². The van der Waals surface area contributed by atoms with Crippen molar-refractivity contribution in [3.63, 3.8) is 0 Å². The number of benzene rings is 2. The number of hydrogen-bond donors (Lipinski definition) is 2. The van der Waals surface area contributed by atoms with E-state index in [0.717, 1.165) is 5.56 Å². The van der Waals surface area contributed by atoms with Gasteiger partial charge in [-0.3, -0.25) is 9.59 Å². The summed E-state index contributed by atoms with van der Waals surface area (Å²) in [4.78, 5) is 23.9. The van der Waals surface area contributed by atoms with Crippen LogP contribution in [0.15, 0.2) is 47.4 Å². The zero-order chi connectivity index (χ0) is 23.3. The lowest BCUT2D eigenvalue weighted by Crippen LogP contribution is -2.43. The Bertz CT molecular complexity index is 1090. The summed E-state index contributed by atoms with van der Waals surface area (Å²) < 4.78 is 38.1. The molecule has 1 heterocycles. The molecule has 0 bridgehead atoms. The molecule has 0 aliphatic carbocycles. The third-order valence-electron chi connectivity index (χ3n) is 5.35. The van der Waals surface area contributed by atoms with Crippen LogP contribution in [0.2, 0.25) is 0 Å². The van der Waals surface area contributed by atoms with Crippen LogP contribution in [-0.2, 0) is 26.0 Å². The summed E-state index contributed by atoms with van der Waals surface area (Å²) in [5, 5.41) is 2.82. The standard InChI is InChI=1S/C22H27N3O6S/c1-30-19-10-9-18(13-20(19)31-2)32(28,29)25-11-3-4-16(14-25)22(27)24-17-7-5-15(6-8-17)12-21(23)26/h5-10,13,16H,3-4,11-12,14H2,1-2H3,(H2,23,26)(H,24,27)/t16-/m0/s1. The van der Waals surface area contributed by atoms with Gasteiger partial charge in [-0.25, -0.2) is 8.42 Å².